The molecule has 2 heterocycles. The van der Waals surface area contributed by atoms with Gasteiger partial charge in [0.1, 0.15) is 5.82 Å². The Kier molecular flexibility index (Phi) is 3.96. The lowest BCUT2D eigenvalue weighted by Gasteiger charge is -2.26. The zero-order chi connectivity index (χ0) is 13.0. The van der Waals surface area contributed by atoms with Crippen molar-refractivity contribution in [1.82, 2.24) is 14.9 Å². The molecule has 0 radical (unpaired) electrons. The number of rotatable bonds is 3. The highest BCUT2D eigenvalue weighted by atomic mass is 16.2. The summed E-state index contributed by atoms with van der Waals surface area (Å²) >= 11 is 0. The van der Waals surface area contributed by atoms with Crippen LogP contribution in [0.25, 0.3) is 0 Å². The number of piperidine rings is 1. The van der Waals surface area contributed by atoms with E-state index in [4.69, 9.17) is 5.73 Å². The molecule has 3 N–H and O–H groups in total. The van der Waals surface area contributed by atoms with Gasteiger partial charge in [-0.1, -0.05) is 0 Å². The summed E-state index contributed by atoms with van der Waals surface area (Å²) in [6.07, 6.45) is 5.07. The van der Waals surface area contributed by atoms with Crippen molar-refractivity contribution in [2.75, 3.05) is 30.7 Å². The number of nitrogens with one attached hydrogen (secondary N) is 1. The minimum atomic E-state index is 0.117. The van der Waals surface area contributed by atoms with Crippen LogP contribution in [0.5, 0.6) is 0 Å². The maximum Gasteiger partial charge on any atom is 0.241 e. The molecule has 18 heavy (non-hydrogen) atoms. The molecule has 1 aromatic rings. The molecule has 98 valence electrons. The number of nitrogens with two attached hydrogens (primary N) is 1. The first-order valence-electron chi connectivity index (χ1n) is 6.27. The van der Waals surface area contributed by atoms with E-state index in [1.807, 2.05) is 11.8 Å². The van der Waals surface area contributed by atoms with Gasteiger partial charge in [-0.15, -0.1) is 0 Å². The van der Waals surface area contributed by atoms with E-state index < -0.39 is 0 Å². The van der Waals surface area contributed by atoms with Crippen molar-refractivity contribution in [2.45, 2.75) is 26.2 Å². The lowest BCUT2D eigenvalue weighted by molar-refractivity contribution is -0.130. The van der Waals surface area contributed by atoms with Gasteiger partial charge in [0, 0.05) is 24.8 Å². The zero-order valence-corrected chi connectivity index (χ0v) is 10.6. The van der Waals surface area contributed by atoms with Crippen LogP contribution in [-0.4, -0.2) is 40.4 Å². The summed E-state index contributed by atoms with van der Waals surface area (Å²) in [5.74, 6) is 0.965. The van der Waals surface area contributed by atoms with Crippen molar-refractivity contribution in [1.29, 1.82) is 0 Å². The van der Waals surface area contributed by atoms with Gasteiger partial charge in [0.25, 0.3) is 0 Å². The van der Waals surface area contributed by atoms with Crippen LogP contribution < -0.4 is 11.1 Å². The van der Waals surface area contributed by atoms with Crippen LogP contribution in [0.2, 0.25) is 0 Å². The molecule has 0 bridgehead atoms. The molecule has 1 saturated heterocycles. The van der Waals surface area contributed by atoms with Crippen LogP contribution in [-0.2, 0) is 4.79 Å². The van der Waals surface area contributed by atoms with E-state index in [0.717, 1.165) is 31.5 Å². The van der Waals surface area contributed by atoms with Crippen molar-refractivity contribution in [2.24, 2.45) is 0 Å². The number of aryl methyl sites for hydroxylation is 1. The Morgan fingerprint density at radius 3 is 2.89 bits per heavy atom. The largest absolute Gasteiger partial charge is 0.368 e. The molecule has 0 aromatic carbocycles. The van der Waals surface area contributed by atoms with E-state index in [2.05, 4.69) is 15.3 Å². The predicted octanol–water partition coefficient (Wildman–Crippen LogP) is 0.792. The molecule has 0 spiro atoms. The number of likely N-dealkylation sites (tertiary alicyclic amines) is 1. The maximum absolute atomic E-state index is 12.0. The van der Waals surface area contributed by atoms with Crippen LogP contribution in [0.1, 0.15) is 24.8 Å². The van der Waals surface area contributed by atoms with Gasteiger partial charge in [-0.05, 0) is 26.2 Å². The number of hydrogen-bond donors (Lipinski definition) is 2. The highest BCUT2D eigenvalue weighted by Gasteiger charge is 2.16. The number of carbonyl (C=O) groups excluding carboxylic acids is 1. The van der Waals surface area contributed by atoms with E-state index in [0.29, 0.717) is 5.82 Å². The van der Waals surface area contributed by atoms with Gasteiger partial charge in [0.2, 0.25) is 11.9 Å². The van der Waals surface area contributed by atoms with Crippen molar-refractivity contribution in [3.63, 3.8) is 0 Å². The fourth-order valence-corrected chi connectivity index (χ4v) is 2.05. The average molecular weight is 249 g/mol. The standard InChI is InChI=1S/C12H19N5O/c1-9-7-15-12(13)16-11(9)14-8-10(18)17-5-3-2-4-6-17/h7H,2-6,8H2,1H3,(H3,13,14,15,16). The smallest absolute Gasteiger partial charge is 0.241 e. The summed E-state index contributed by atoms with van der Waals surface area (Å²) in [5.41, 5.74) is 6.40. The number of anilines is 2. The van der Waals surface area contributed by atoms with Crippen molar-refractivity contribution in [3.8, 4) is 0 Å². The first-order chi connectivity index (χ1) is 8.66. The number of carbonyl (C=O) groups is 1. The quantitative estimate of drug-likeness (QED) is 0.827. The van der Waals surface area contributed by atoms with E-state index in [1.165, 1.54) is 6.42 Å². The molecular weight excluding hydrogens is 230 g/mol. The molecule has 1 aliphatic heterocycles. The number of aromatic nitrogens is 2. The highest BCUT2D eigenvalue weighted by molar-refractivity contribution is 5.80. The van der Waals surface area contributed by atoms with E-state index >= 15 is 0 Å². The molecule has 1 amide bonds. The first kappa shape index (κ1) is 12.6. The third-order valence-corrected chi connectivity index (χ3v) is 3.11. The molecule has 6 nitrogen and oxygen atoms in total. The topological polar surface area (TPSA) is 84.1 Å². The van der Waals surface area contributed by atoms with E-state index in [9.17, 15) is 4.79 Å². The van der Waals surface area contributed by atoms with Crippen LogP contribution >= 0.6 is 0 Å². The molecule has 1 aliphatic rings. The van der Waals surface area contributed by atoms with E-state index in [1.54, 1.807) is 6.20 Å². The minimum Gasteiger partial charge on any atom is -0.368 e. The fraction of sp³-hybridized carbons (Fsp3) is 0.583. The molecular formula is C12H19N5O. The van der Waals surface area contributed by atoms with Crippen molar-refractivity contribution >= 4 is 17.7 Å². The SMILES string of the molecule is Cc1cnc(N)nc1NCC(=O)N1CCCCC1. The third-order valence-electron chi connectivity index (χ3n) is 3.11. The lowest BCUT2D eigenvalue weighted by Crippen LogP contribution is -2.39. The molecule has 0 aliphatic carbocycles. The van der Waals surface area contributed by atoms with Crippen LogP contribution in [0, 0.1) is 6.92 Å². The zero-order valence-electron chi connectivity index (χ0n) is 10.6. The second-order valence-electron chi connectivity index (χ2n) is 4.55. The lowest BCUT2D eigenvalue weighted by atomic mass is 10.1. The van der Waals surface area contributed by atoms with Gasteiger partial charge >= 0.3 is 0 Å². The van der Waals surface area contributed by atoms with E-state index in [-0.39, 0.29) is 18.4 Å². The van der Waals surface area contributed by atoms with Crippen LogP contribution in [0.4, 0.5) is 11.8 Å². The maximum atomic E-state index is 12.0. The molecule has 2 rings (SSSR count). The van der Waals surface area contributed by atoms with Gasteiger partial charge in [0.15, 0.2) is 0 Å². The number of nitrogen functional groups attached to an aromatic ring is 1. The first-order valence-corrected chi connectivity index (χ1v) is 6.27. The highest BCUT2D eigenvalue weighted by Crippen LogP contribution is 2.12. The summed E-state index contributed by atoms with van der Waals surface area (Å²) in [6, 6.07) is 0. The van der Waals surface area contributed by atoms with Crippen LogP contribution in [0.15, 0.2) is 6.20 Å². The molecule has 0 unspecified atom stereocenters. The molecule has 0 atom stereocenters. The van der Waals surface area contributed by atoms with Gasteiger partial charge in [-0.2, -0.15) is 4.98 Å². The summed E-state index contributed by atoms with van der Waals surface area (Å²) < 4.78 is 0. The number of amides is 1. The Morgan fingerprint density at radius 1 is 1.44 bits per heavy atom. The second-order valence-corrected chi connectivity index (χ2v) is 4.55. The summed E-state index contributed by atoms with van der Waals surface area (Å²) in [7, 11) is 0. The summed E-state index contributed by atoms with van der Waals surface area (Å²) in [4.78, 5) is 21.8. The Labute approximate surface area is 107 Å². The number of nitrogens with zero attached hydrogens (tertiary/aromatic N) is 3. The Balaban J connectivity index is 1.90. The molecule has 1 fully saturated rings. The second kappa shape index (κ2) is 5.66. The monoisotopic (exact) mass is 249 g/mol. The Bertz CT molecular complexity index is 428. The van der Waals surface area contributed by atoms with Gasteiger partial charge < -0.3 is 16.0 Å². The number of hydrogen-bond acceptors (Lipinski definition) is 5. The third kappa shape index (κ3) is 3.09. The van der Waals surface area contributed by atoms with Gasteiger partial charge in [-0.3, -0.25) is 4.79 Å². The normalized spacial score (nSPS) is 15.5. The van der Waals surface area contributed by atoms with Gasteiger partial charge in [0.05, 0.1) is 6.54 Å². The van der Waals surface area contributed by atoms with Crippen molar-refractivity contribution in [3.05, 3.63) is 11.8 Å². The van der Waals surface area contributed by atoms with Crippen LogP contribution in [0.3, 0.4) is 0 Å². The molecule has 0 saturated carbocycles. The molecule has 6 heteroatoms. The average Bonchev–Trinajstić information content (AvgIpc) is 2.40. The Morgan fingerprint density at radius 2 is 2.17 bits per heavy atom. The predicted molar refractivity (Wildman–Crippen MR) is 70.1 cm³/mol. The summed E-state index contributed by atoms with van der Waals surface area (Å²) in [6.45, 7) is 3.88. The minimum absolute atomic E-state index is 0.117. The summed E-state index contributed by atoms with van der Waals surface area (Å²) in [5, 5.41) is 3.03. The Hall–Kier alpha value is -1.85. The van der Waals surface area contributed by atoms with Crippen molar-refractivity contribution < 1.29 is 4.79 Å². The molecule has 1 aromatic heterocycles. The fourth-order valence-electron chi connectivity index (χ4n) is 2.05. The van der Waals surface area contributed by atoms with Gasteiger partial charge in [-0.25, -0.2) is 4.98 Å².